The van der Waals surface area contributed by atoms with E-state index in [1.165, 1.54) is 0 Å². The number of hydrogen-bond donors (Lipinski definition) is 0. The molecule has 0 saturated heterocycles. The van der Waals surface area contributed by atoms with Crippen LogP contribution in [-0.2, 0) is 4.79 Å². The van der Waals surface area contributed by atoms with E-state index < -0.39 is 5.97 Å². The molecule has 0 N–H and O–H groups in total. The van der Waals surface area contributed by atoms with Crippen LogP contribution >= 0.6 is 11.6 Å². The minimum Gasteiger partial charge on any atom is -0.423 e. The summed E-state index contributed by atoms with van der Waals surface area (Å²) in [6.07, 6.45) is 1.05. The molecule has 2 aromatic carbocycles. The third-order valence-corrected chi connectivity index (χ3v) is 2.87. The van der Waals surface area contributed by atoms with Crippen molar-refractivity contribution in [1.29, 1.82) is 0 Å². The van der Waals surface area contributed by atoms with Crippen molar-refractivity contribution < 1.29 is 14.3 Å². The molecule has 2 rings (SSSR count). The van der Waals surface area contributed by atoms with Gasteiger partial charge in [0.15, 0.2) is 5.78 Å². The third-order valence-electron chi connectivity index (χ3n) is 2.62. The zero-order chi connectivity index (χ0) is 14.5. The molecule has 0 spiro atoms. The first-order valence-electron chi connectivity index (χ1n) is 5.85. The Morgan fingerprint density at radius 1 is 1.05 bits per heavy atom. The zero-order valence-electron chi connectivity index (χ0n) is 10.5. The predicted molar refractivity (Wildman–Crippen MR) is 77.2 cm³/mol. The predicted octanol–water partition coefficient (Wildman–Crippen LogP) is 3.66. The van der Waals surface area contributed by atoms with Gasteiger partial charge < -0.3 is 4.74 Å². The van der Waals surface area contributed by atoms with E-state index in [1.54, 1.807) is 48.5 Å². The standard InChI is InChI=1S/C16H11ClO3/c1-2-15(18)20-14-6-4-3-5-13(14)16(19)11-7-9-12(17)10-8-11/h2-10H,1H2. The summed E-state index contributed by atoms with van der Waals surface area (Å²) >= 11 is 5.79. The fourth-order valence-corrected chi connectivity index (χ4v) is 1.78. The van der Waals surface area contributed by atoms with Crippen LogP contribution in [0.1, 0.15) is 15.9 Å². The molecule has 100 valence electrons. The molecule has 0 aliphatic carbocycles. The zero-order valence-corrected chi connectivity index (χ0v) is 11.3. The lowest BCUT2D eigenvalue weighted by Crippen LogP contribution is -2.09. The first kappa shape index (κ1) is 14.0. The molecule has 0 aromatic heterocycles. The number of carbonyl (C=O) groups excluding carboxylic acids is 2. The molecular weight excluding hydrogens is 276 g/mol. The molecule has 0 atom stereocenters. The minimum atomic E-state index is -0.610. The van der Waals surface area contributed by atoms with Gasteiger partial charge in [-0.1, -0.05) is 30.3 Å². The van der Waals surface area contributed by atoms with Crippen LogP contribution in [0, 0.1) is 0 Å². The van der Waals surface area contributed by atoms with Crippen molar-refractivity contribution in [1.82, 2.24) is 0 Å². The van der Waals surface area contributed by atoms with Gasteiger partial charge in [0.2, 0.25) is 0 Å². The molecule has 0 aliphatic heterocycles. The minimum absolute atomic E-state index is 0.206. The lowest BCUT2D eigenvalue weighted by molar-refractivity contribution is -0.128. The molecule has 0 heterocycles. The Balaban J connectivity index is 2.36. The van der Waals surface area contributed by atoms with Crippen molar-refractivity contribution in [3.05, 3.63) is 77.3 Å². The average molecular weight is 287 g/mol. The number of esters is 1. The van der Waals surface area contributed by atoms with E-state index in [9.17, 15) is 9.59 Å². The van der Waals surface area contributed by atoms with Crippen molar-refractivity contribution in [3.8, 4) is 5.75 Å². The van der Waals surface area contributed by atoms with Gasteiger partial charge in [-0.15, -0.1) is 0 Å². The van der Waals surface area contributed by atoms with Gasteiger partial charge in [0.1, 0.15) is 5.75 Å². The van der Waals surface area contributed by atoms with Crippen molar-refractivity contribution >= 4 is 23.4 Å². The fourth-order valence-electron chi connectivity index (χ4n) is 1.65. The molecule has 0 unspecified atom stereocenters. The topological polar surface area (TPSA) is 43.4 Å². The molecule has 0 saturated carbocycles. The SMILES string of the molecule is C=CC(=O)Oc1ccccc1C(=O)c1ccc(Cl)cc1. The molecular formula is C16H11ClO3. The molecule has 0 radical (unpaired) electrons. The van der Waals surface area contributed by atoms with Crippen molar-refractivity contribution in [2.75, 3.05) is 0 Å². The molecule has 0 amide bonds. The largest absolute Gasteiger partial charge is 0.423 e. The van der Waals surface area contributed by atoms with E-state index >= 15 is 0 Å². The molecule has 3 nitrogen and oxygen atoms in total. The number of para-hydroxylation sites is 1. The molecule has 0 fully saturated rings. The molecule has 4 heteroatoms. The van der Waals surface area contributed by atoms with Crippen LogP contribution in [0.3, 0.4) is 0 Å². The quantitative estimate of drug-likeness (QED) is 0.373. The van der Waals surface area contributed by atoms with E-state index in [-0.39, 0.29) is 11.5 Å². The Bertz CT molecular complexity index is 660. The molecule has 2 aromatic rings. The van der Waals surface area contributed by atoms with Gasteiger partial charge in [0.25, 0.3) is 0 Å². The van der Waals surface area contributed by atoms with Gasteiger partial charge in [-0.05, 0) is 36.4 Å². The lowest BCUT2D eigenvalue weighted by Gasteiger charge is -2.08. The second-order valence-corrected chi connectivity index (χ2v) is 4.39. The maximum atomic E-state index is 12.4. The number of ether oxygens (including phenoxy) is 1. The number of halogens is 1. The highest BCUT2D eigenvalue weighted by Gasteiger charge is 2.15. The van der Waals surface area contributed by atoms with E-state index in [4.69, 9.17) is 16.3 Å². The van der Waals surface area contributed by atoms with Crippen molar-refractivity contribution in [3.63, 3.8) is 0 Å². The lowest BCUT2D eigenvalue weighted by atomic mass is 10.0. The Labute approximate surface area is 121 Å². The second kappa shape index (κ2) is 6.17. The van der Waals surface area contributed by atoms with Crippen LogP contribution in [0.2, 0.25) is 5.02 Å². The fraction of sp³-hybridized carbons (Fsp3) is 0. The van der Waals surface area contributed by atoms with Crippen LogP contribution in [0.15, 0.2) is 61.2 Å². The first-order chi connectivity index (χ1) is 9.61. The first-order valence-corrected chi connectivity index (χ1v) is 6.23. The van der Waals surface area contributed by atoms with Crippen molar-refractivity contribution in [2.24, 2.45) is 0 Å². The summed E-state index contributed by atoms with van der Waals surface area (Å²) < 4.78 is 5.06. The Hall–Kier alpha value is -2.39. The van der Waals surface area contributed by atoms with Gasteiger partial charge in [-0.25, -0.2) is 4.79 Å². The Morgan fingerprint density at radius 2 is 1.70 bits per heavy atom. The van der Waals surface area contributed by atoms with Crippen LogP contribution in [0.5, 0.6) is 5.75 Å². The van der Waals surface area contributed by atoms with E-state index in [0.29, 0.717) is 16.1 Å². The highest BCUT2D eigenvalue weighted by atomic mass is 35.5. The summed E-state index contributed by atoms with van der Waals surface area (Å²) in [7, 11) is 0. The Morgan fingerprint density at radius 3 is 2.35 bits per heavy atom. The Kier molecular flexibility index (Phi) is 4.33. The van der Waals surface area contributed by atoms with E-state index in [2.05, 4.69) is 6.58 Å². The van der Waals surface area contributed by atoms with Crippen LogP contribution in [0.4, 0.5) is 0 Å². The molecule has 0 aliphatic rings. The average Bonchev–Trinajstić information content (AvgIpc) is 2.48. The number of hydrogen-bond acceptors (Lipinski definition) is 3. The molecule has 0 bridgehead atoms. The summed E-state index contributed by atoms with van der Waals surface area (Å²) in [6.45, 7) is 3.33. The number of ketones is 1. The number of carbonyl (C=O) groups is 2. The van der Waals surface area contributed by atoms with Gasteiger partial charge >= 0.3 is 5.97 Å². The van der Waals surface area contributed by atoms with Crippen LogP contribution in [-0.4, -0.2) is 11.8 Å². The van der Waals surface area contributed by atoms with Gasteiger partial charge in [-0.3, -0.25) is 4.79 Å². The van der Waals surface area contributed by atoms with Gasteiger partial charge in [0, 0.05) is 16.7 Å². The summed E-state index contributed by atoms with van der Waals surface area (Å²) in [5.74, 6) is -0.646. The third kappa shape index (κ3) is 3.13. The van der Waals surface area contributed by atoms with E-state index in [0.717, 1.165) is 6.08 Å². The second-order valence-electron chi connectivity index (χ2n) is 3.96. The summed E-state index contributed by atoms with van der Waals surface area (Å²) in [6, 6.07) is 13.1. The van der Waals surface area contributed by atoms with Crippen LogP contribution < -0.4 is 4.74 Å². The van der Waals surface area contributed by atoms with E-state index in [1.807, 2.05) is 0 Å². The number of rotatable bonds is 4. The monoisotopic (exact) mass is 286 g/mol. The summed E-state index contributed by atoms with van der Waals surface area (Å²) in [5, 5.41) is 0.549. The van der Waals surface area contributed by atoms with Gasteiger partial charge in [-0.2, -0.15) is 0 Å². The number of benzene rings is 2. The van der Waals surface area contributed by atoms with Gasteiger partial charge in [0.05, 0.1) is 5.56 Å². The normalized spacial score (nSPS) is 9.85. The molecule has 20 heavy (non-hydrogen) atoms. The maximum absolute atomic E-state index is 12.4. The summed E-state index contributed by atoms with van der Waals surface area (Å²) in [5.41, 5.74) is 0.779. The smallest absolute Gasteiger partial charge is 0.335 e. The summed E-state index contributed by atoms with van der Waals surface area (Å²) in [4.78, 5) is 23.7. The van der Waals surface area contributed by atoms with Crippen LogP contribution in [0.25, 0.3) is 0 Å². The highest BCUT2D eigenvalue weighted by Crippen LogP contribution is 2.22. The maximum Gasteiger partial charge on any atom is 0.335 e. The highest BCUT2D eigenvalue weighted by molar-refractivity contribution is 6.30. The van der Waals surface area contributed by atoms with Crippen molar-refractivity contribution in [2.45, 2.75) is 0 Å².